The van der Waals surface area contributed by atoms with Crippen LogP contribution in [0.2, 0.25) is 0 Å². The van der Waals surface area contributed by atoms with Gasteiger partial charge in [-0.15, -0.1) is 0 Å². The molecule has 1 aliphatic carbocycles. The third-order valence-electron chi connectivity index (χ3n) is 6.35. The number of nitrogens with one attached hydrogen (secondary N) is 1. The molecule has 0 radical (unpaired) electrons. The molecule has 6 rings (SSSR count). The van der Waals surface area contributed by atoms with Gasteiger partial charge in [0.1, 0.15) is 11.5 Å². The highest BCUT2D eigenvalue weighted by molar-refractivity contribution is 5.88. The summed E-state index contributed by atoms with van der Waals surface area (Å²) >= 11 is 0. The largest absolute Gasteiger partial charge is 0.361 e. The number of rotatable bonds is 5. The van der Waals surface area contributed by atoms with Gasteiger partial charge in [-0.1, -0.05) is 47.6 Å². The summed E-state index contributed by atoms with van der Waals surface area (Å²) < 4.78 is 7.81. The summed E-state index contributed by atoms with van der Waals surface area (Å²) in [7, 11) is 4.12. The van der Waals surface area contributed by atoms with Crippen molar-refractivity contribution in [3.63, 3.8) is 0 Å². The van der Waals surface area contributed by atoms with Crippen molar-refractivity contribution >= 4 is 11.6 Å². The van der Waals surface area contributed by atoms with Crippen LogP contribution in [0.15, 0.2) is 70.4 Å². The van der Waals surface area contributed by atoms with Gasteiger partial charge in [-0.25, -0.2) is 0 Å². The quantitative estimate of drug-likeness (QED) is 0.506. The van der Waals surface area contributed by atoms with E-state index in [1.807, 2.05) is 25.1 Å². The van der Waals surface area contributed by atoms with Crippen LogP contribution >= 0.6 is 0 Å². The van der Waals surface area contributed by atoms with E-state index in [1.54, 1.807) is 0 Å². The van der Waals surface area contributed by atoms with Gasteiger partial charge in [-0.05, 0) is 56.8 Å². The van der Waals surface area contributed by atoms with Crippen molar-refractivity contribution in [2.45, 2.75) is 26.1 Å². The summed E-state index contributed by atoms with van der Waals surface area (Å²) in [4.78, 5) is 7.01. The number of hydrogen-bond acceptors (Lipinski definition) is 6. The summed E-state index contributed by atoms with van der Waals surface area (Å²) in [6.45, 7) is 2.77. The minimum atomic E-state index is -0.166. The Labute approximate surface area is 197 Å². The van der Waals surface area contributed by atoms with Crippen molar-refractivity contribution in [1.29, 1.82) is 0 Å². The minimum absolute atomic E-state index is 0.166. The Morgan fingerprint density at radius 1 is 1.12 bits per heavy atom. The molecule has 4 aromatic rings. The van der Waals surface area contributed by atoms with E-state index in [0.717, 1.165) is 63.2 Å². The topological polar surface area (TPSA) is 71.5 Å². The highest BCUT2D eigenvalue weighted by Gasteiger charge is 2.29. The van der Waals surface area contributed by atoms with Crippen LogP contribution in [0, 0.1) is 6.92 Å². The van der Waals surface area contributed by atoms with Crippen molar-refractivity contribution in [3.8, 4) is 11.3 Å². The van der Waals surface area contributed by atoms with Gasteiger partial charge in [0.2, 0.25) is 0 Å². The number of allylic oxidation sites excluding steroid dienone is 2. The van der Waals surface area contributed by atoms with E-state index in [4.69, 9.17) is 14.6 Å². The van der Waals surface area contributed by atoms with Crippen molar-refractivity contribution in [2.24, 2.45) is 5.10 Å². The molecule has 1 atom stereocenters. The van der Waals surface area contributed by atoms with Crippen molar-refractivity contribution < 1.29 is 4.52 Å². The molecule has 2 aliphatic rings. The van der Waals surface area contributed by atoms with E-state index >= 15 is 0 Å². The molecule has 0 amide bonds. The highest BCUT2D eigenvalue weighted by atomic mass is 16.5. The van der Waals surface area contributed by atoms with Crippen LogP contribution in [0.4, 0.5) is 0 Å². The van der Waals surface area contributed by atoms with Crippen molar-refractivity contribution in [2.75, 3.05) is 14.1 Å². The fourth-order valence-corrected chi connectivity index (χ4v) is 4.77. The summed E-state index contributed by atoms with van der Waals surface area (Å²) in [6, 6.07) is 16.4. The normalized spacial score (nSPS) is 16.4. The van der Waals surface area contributed by atoms with Gasteiger partial charge in [-0.2, -0.15) is 5.10 Å². The number of aryl methyl sites for hydroxylation is 1. The summed E-state index contributed by atoms with van der Waals surface area (Å²) in [5, 5.41) is 10.2. The lowest BCUT2D eigenvalue weighted by atomic mass is 10.0. The zero-order valence-corrected chi connectivity index (χ0v) is 19.5. The molecule has 0 bridgehead atoms. The fourth-order valence-electron chi connectivity index (χ4n) is 4.77. The molecule has 1 aliphatic heterocycles. The standard InChI is InChI=1S/C27H26N6O/c1-17-24(25(31-34-17)18-8-5-4-6-9-18)27-30-29-26-22-14-19(12-13-20(22)15-33(26)27)23-11-7-10-21(28-23)16-32(2)3/h4-12,14-15,27,30H,13,16H2,1-3H3. The zero-order valence-electron chi connectivity index (χ0n) is 19.5. The predicted octanol–water partition coefficient (Wildman–Crippen LogP) is 3.01. The van der Waals surface area contributed by atoms with E-state index in [2.05, 4.69) is 82.8 Å². The molecule has 4 heterocycles. The Morgan fingerprint density at radius 2 is 1.97 bits per heavy atom. The van der Waals surface area contributed by atoms with Gasteiger partial charge >= 0.3 is 0 Å². The van der Waals surface area contributed by atoms with Crippen LogP contribution in [-0.4, -0.2) is 33.7 Å². The number of hydrogen-bond donors (Lipinski definition) is 1. The van der Waals surface area contributed by atoms with Gasteiger partial charge in [0.15, 0.2) is 11.7 Å². The minimum Gasteiger partial charge on any atom is -0.361 e. The predicted molar refractivity (Wildman–Crippen MR) is 131 cm³/mol. The number of fused-ring (bicyclic) bond motifs is 3. The van der Waals surface area contributed by atoms with E-state index in [1.165, 1.54) is 5.56 Å². The van der Waals surface area contributed by atoms with Crippen molar-refractivity contribution in [3.05, 3.63) is 99.8 Å². The third kappa shape index (κ3) is 3.45. The van der Waals surface area contributed by atoms with E-state index in [0.29, 0.717) is 0 Å². The second-order valence-corrected chi connectivity index (χ2v) is 9.07. The second kappa shape index (κ2) is 8.11. The Morgan fingerprint density at radius 3 is 2.79 bits per heavy atom. The average molecular weight is 451 g/mol. The molecule has 1 unspecified atom stereocenters. The molecule has 1 N–H and O–H groups in total. The van der Waals surface area contributed by atoms with Gasteiger partial charge in [0.05, 0.1) is 17.0 Å². The summed E-state index contributed by atoms with van der Waals surface area (Å²) in [6.07, 6.45) is 7.33. The van der Waals surface area contributed by atoms with Crippen LogP contribution in [0.3, 0.4) is 0 Å². The maximum absolute atomic E-state index is 5.62. The van der Waals surface area contributed by atoms with Gasteiger partial charge in [0.25, 0.3) is 0 Å². The fraction of sp³-hybridized carbons (Fsp3) is 0.222. The van der Waals surface area contributed by atoms with Crippen LogP contribution in [0.1, 0.15) is 34.4 Å². The molecule has 7 nitrogen and oxygen atoms in total. The first-order valence-electron chi connectivity index (χ1n) is 11.5. The third-order valence-corrected chi connectivity index (χ3v) is 6.35. The first kappa shape index (κ1) is 20.6. The molecule has 170 valence electrons. The van der Waals surface area contributed by atoms with Crippen LogP contribution in [0.5, 0.6) is 0 Å². The monoisotopic (exact) mass is 450 g/mol. The maximum atomic E-state index is 5.62. The van der Waals surface area contributed by atoms with Gasteiger partial charge in [0, 0.05) is 23.5 Å². The Balaban J connectivity index is 1.39. The lowest BCUT2D eigenvalue weighted by molar-refractivity contribution is 0.394. The Kier molecular flexibility index (Phi) is 4.92. The molecule has 0 saturated carbocycles. The first-order valence-corrected chi connectivity index (χ1v) is 11.5. The molecule has 0 fully saturated rings. The van der Waals surface area contributed by atoms with Crippen LogP contribution in [0.25, 0.3) is 22.9 Å². The van der Waals surface area contributed by atoms with Crippen LogP contribution < -0.4 is 16.1 Å². The van der Waals surface area contributed by atoms with E-state index < -0.39 is 0 Å². The first-order chi connectivity index (χ1) is 16.6. The molecular formula is C27H26N6O. The second-order valence-electron chi connectivity index (χ2n) is 9.07. The maximum Gasteiger partial charge on any atom is 0.162 e. The molecule has 3 aromatic heterocycles. The number of aromatic nitrogens is 3. The summed E-state index contributed by atoms with van der Waals surface area (Å²) in [5.41, 5.74) is 11.6. The lowest BCUT2D eigenvalue weighted by Crippen LogP contribution is -2.30. The SMILES string of the molecule is Cc1onc(-c2ccccc2)c1C1NN=c2c3c(cn21)CC=C(c1cccc(CN(C)C)n1)C=3. The number of pyridine rings is 1. The van der Waals surface area contributed by atoms with Gasteiger partial charge in [-0.3, -0.25) is 10.4 Å². The van der Waals surface area contributed by atoms with Gasteiger partial charge < -0.3 is 14.0 Å². The van der Waals surface area contributed by atoms with E-state index in [-0.39, 0.29) is 6.17 Å². The molecule has 0 saturated heterocycles. The smallest absolute Gasteiger partial charge is 0.162 e. The number of nitrogens with zero attached hydrogens (tertiary/aromatic N) is 5. The lowest BCUT2D eigenvalue weighted by Gasteiger charge is -2.14. The summed E-state index contributed by atoms with van der Waals surface area (Å²) in [5.74, 6) is 0.788. The molecular weight excluding hydrogens is 424 g/mol. The highest BCUT2D eigenvalue weighted by Crippen LogP contribution is 2.32. The average Bonchev–Trinajstić information content (AvgIpc) is 3.52. The zero-order chi connectivity index (χ0) is 23.2. The van der Waals surface area contributed by atoms with E-state index in [9.17, 15) is 0 Å². The van der Waals surface area contributed by atoms with Crippen molar-refractivity contribution in [1.82, 2.24) is 25.0 Å². The molecule has 34 heavy (non-hydrogen) atoms. The number of benzene rings is 1. The molecule has 1 aromatic carbocycles. The Bertz CT molecular complexity index is 1530. The molecule has 7 heteroatoms. The molecule has 0 spiro atoms. The Hall–Kier alpha value is -3.97. The van der Waals surface area contributed by atoms with Crippen LogP contribution in [-0.2, 0) is 13.0 Å².